The predicted octanol–water partition coefficient (Wildman–Crippen LogP) is 3.00. The summed E-state index contributed by atoms with van der Waals surface area (Å²) in [7, 11) is 0. The van der Waals surface area contributed by atoms with E-state index in [1.165, 1.54) is 5.56 Å². The number of halogens is 1. The molecule has 0 saturated heterocycles. The highest BCUT2D eigenvalue weighted by Gasteiger charge is 1.93. The summed E-state index contributed by atoms with van der Waals surface area (Å²) in [6.45, 7) is 2.15. The van der Waals surface area contributed by atoms with Gasteiger partial charge in [0, 0.05) is 5.56 Å². The third-order valence-electron chi connectivity index (χ3n) is 1.69. The molecule has 0 bridgehead atoms. The van der Waals surface area contributed by atoms with Gasteiger partial charge in [-0.25, -0.2) is 0 Å². The van der Waals surface area contributed by atoms with E-state index < -0.39 is 0 Å². The Hall–Kier alpha value is -0.740. The van der Waals surface area contributed by atoms with Gasteiger partial charge in [0.05, 0.1) is 5.33 Å². The Morgan fingerprint density at radius 1 is 1.33 bits per heavy atom. The summed E-state index contributed by atoms with van der Waals surface area (Å²) >= 11 is 3.28. The first kappa shape index (κ1) is 9.35. The summed E-state index contributed by atoms with van der Waals surface area (Å²) < 4.78 is 0. The molecule has 0 N–H and O–H groups in total. The zero-order valence-electron chi connectivity index (χ0n) is 7.10. The second-order valence-electron chi connectivity index (χ2n) is 2.45. The maximum atomic E-state index is 3.28. The molecular weight excluding hydrogens is 212 g/mol. The molecule has 1 rings (SSSR count). The zero-order chi connectivity index (χ0) is 8.81. The van der Waals surface area contributed by atoms with Crippen molar-refractivity contribution in [3.05, 3.63) is 35.4 Å². The molecule has 0 spiro atoms. The van der Waals surface area contributed by atoms with Crippen LogP contribution in [0.5, 0.6) is 0 Å². The molecular formula is C11H11Br. The maximum Gasteiger partial charge on any atom is 0.0649 e. The molecule has 0 unspecified atom stereocenters. The van der Waals surface area contributed by atoms with E-state index in [1.54, 1.807) is 0 Å². The number of aryl methyl sites for hydroxylation is 1. The highest BCUT2D eigenvalue weighted by Crippen LogP contribution is 2.07. The van der Waals surface area contributed by atoms with Gasteiger partial charge in [0.15, 0.2) is 0 Å². The Labute approximate surface area is 82.1 Å². The van der Waals surface area contributed by atoms with E-state index in [9.17, 15) is 0 Å². The number of hydrogen-bond acceptors (Lipinski definition) is 0. The second kappa shape index (κ2) is 5.00. The molecule has 0 aliphatic rings. The van der Waals surface area contributed by atoms with Crippen LogP contribution in [0.2, 0.25) is 0 Å². The lowest BCUT2D eigenvalue weighted by atomic mass is 10.1. The summed E-state index contributed by atoms with van der Waals surface area (Å²) in [5, 5.41) is 0.741. The summed E-state index contributed by atoms with van der Waals surface area (Å²) in [4.78, 5) is 0. The van der Waals surface area contributed by atoms with Crippen LogP contribution in [-0.4, -0.2) is 5.33 Å². The Bertz CT molecular complexity index is 304. The van der Waals surface area contributed by atoms with Crippen LogP contribution in [0, 0.1) is 11.8 Å². The Balaban J connectivity index is 2.97. The minimum atomic E-state index is 0.741. The van der Waals surface area contributed by atoms with Crippen molar-refractivity contribution < 1.29 is 0 Å². The van der Waals surface area contributed by atoms with Crippen LogP contribution < -0.4 is 0 Å². The zero-order valence-corrected chi connectivity index (χ0v) is 8.69. The van der Waals surface area contributed by atoms with Crippen molar-refractivity contribution in [2.75, 3.05) is 5.33 Å². The Kier molecular flexibility index (Phi) is 3.90. The second-order valence-corrected chi connectivity index (χ2v) is 3.01. The van der Waals surface area contributed by atoms with Gasteiger partial charge in [-0.05, 0) is 18.1 Å². The van der Waals surface area contributed by atoms with Crippen molar-refractivity contribution in [2.45, 2.75) is 13.3 Å². The molecule has 0 aromatic heterocycles. The molecule has 0 aliphatic heterocycles. The molecule has 0 amide bonds. The van der Waals surface area contributed by atoms with Crippen molar-refractivity contribution in [3.8, 4) is 11.8 Å². The largest absolute Gasteiger partial charge is 0.0863 e. The highest BCUT2D eigenvalue weighted by molar-refractivity contribution is 9.09. The van der Waals surface area contributed by atoms with Gasteiger partial charge in [0.25, 0.3) is 0 Å². The first-order valence-corrected chi connectivity index (χ1v) is 5.13. The van der Waals surface area contributed by atoms with Crippen LogP contribution in [0.15, 0.2) is 24.3 Å². The van der Waals surface area contributed by atoms with E-state index in [1.807, 2.05) is 6.07 Å². The van der Waals surface area contributed by atoms with Gasteiger partial charge in [-0.3, -0.25) is 0 Å². The first-order valence-electron chi connectivity index (χ1n) is 4.01. The van der Waals surface area contributed by atoms with Crippen LogP contribution in [0.3, 0.4) is 0 Å². The molecule has 1 aromatic rings. The number of benzene rings is 1. The smallest absolute Gasteiger partial charge is 0.0649 e. The maximum absolute atomic E-state index is 3.28. The summed E-state index contributed by atoms with van der Waals surface area (Å²) in [5.74, 6) is 6.12. The van der Waals surface area contributed by atoms with Crippen LogP contribution in [0.25, 0.3) is 0 Å². The average molecular weight is 223 g/mol. The molecule has 1 aromatic carbocycles. The minimum absolute atomic E-state index is 0.741. The highest BCUT2D eigenvalue weighted by atomic mass is 79.9. The van der Waals surface area contributed by atoms with E-state index >= 15 is 0 Å². The van der Waals surface area contributed by atoms with Gasteiger partial charge < -0.3 is 0 Å². The molecule has 12 heavy (non-hydrogen) atoms. The van der Waals surface area contributed by atoms with E-state index in [-0.39, 0.29) is 0 Å². The monoisotopic (exact) mass is 222 g/mol. The summed E-state index contributed by atoms with van der Waals surface area (Å²) in [6.07, 6.45) is 1.05. The van der Waals surface area contributed by atoms with Gasteiger partial charge in [-0.2, -0.15) is 0 Å². The fraction of sp³-hybridized carbons (Fsp3) is 0.273. The van der Waals surface area contributed by atoms with Crippen molar-refractivity contribution in [3.63, 3.8) is 0 Å². The fourth-order valence-corrected chi connectivity index (χ4v) is 1.22. The molecule has 0 aliphatic carbocycles. The molecule has 1 heteroatoms. The minimum Gasteiger partial charge on any atom is -0.0863 e. The molecule has 0 radical (unpaired) electrons. The van der Waals surface area contributed by atoms with Crippen molar-refractivity contribution in [2.24, 2.45) is 0 Å². The SMILES string of the molecule is CCc1ccccc1C#CCBr. The number of alkyl halides is 1. The van der Waals surface area contributed by atoms with E-state index in [4.69, 9.17) is 0 Å². The summed E-state index contributed by atoms with van der Waals surface area (Å²) in [6, 6.07) is 8.27. The van der Waals surface area contributed by atoms with Crippen LogP contribution in [0.1, 0.15) is 18.1 Å². The van der Waals surface area contributed by atoms with E-state index in [0.29, 0.717) is 0 Å². The van der Waals surface area contributed by atoms with Gasteiger partial charge in [0.1, 0.15) is 0 Å². The molecule has 0 atom stereocenters. The third kappa shape index (κ3) is 2.39. The lowest BCUT2D eigenvalue weighted by molar-refractivity contribution is 1.13. The van der Waals surface area contributed by atoms with Gasteiger partial charge in [-0.15, -0.1) is 0 Å². The quantitative estimate of drug-likeness (QED) is 0.507. The lowest BCUT2D eigenvalue weighted by Gasteiger charge is -1.98. The Morgan fingerprint density at radius 2 is 2.08 bits per heavy atom. The molecule has 0 heterocycles. The van der Waals surface area contributed by atoms with Crippen molar-refractivity contribution >= 4 is 15.9 Å². The Morgan fingerprint density at radius 3 is 2.75 bits per heavy atom. The number of hydrogen-bond donors (Lipinski definition) is 0. The van der Waals surface area contributed by atoms with Crippen molar-refractivity contribution in [1.82, 2.24) is 0 Å². The molecule has 0 saturated carbocycles. The van der Waals surface area contributed by atoms with Crippen LogP contribution >= 0.6 is 15.9 Å². The molecule has 0 nitrogen and oxygen atoms in total. The fourth-order valence-electron chi connectivity index (χ4n) is 1.08. The van der Waals surface area contributed by atoms with E-state index in [2.05, 4.69) is 52.9 Å². The first-order chi connectivity index (χ1) is 5.88. The molecule has 62 valence electrons. The summed E-state index contributed by atoms with van der Waals surface area (Å²) in [5.41, 5.74) is 2.48. The van der Waals surface area contributed by atoms with Crippen LogP contribution in [-0.2, 0) is 6.42 Å². The third-order valence-corrected chi connectivity index (χ3v) is 1.97. The predicted molar refractivity (Wildman–Crippen MR) is 56.5 cm³/mol. The average Bonchev–Trinajstić information content (AvgIpc) is 2.15. The van der Waals surface area contributed by atoms with Gasteiger partial charge in [0.2, 0.25) is 0 Å². The normalized spacial score (nSPS) is 8.83. The van der Waals surface area contributed by atoms with Gasteiger partial charge >= 0.3 is 0 Å². The topological polar surface area (TPSA) is 0 Å². The number of rotatable bonds is 1. The van der Waals surface area contributed by atoms with Gasteiger partial charge in [-0.1, -0.05) is 52.9 Å². The lowest BCUT2D eigenvalue weighted by Crippen LogP contribution is -1.85. The van der Waals surface area contributed by atoms with E-state index in [0.717, 1.165) is 17.3 Å². The standard InChI is InChI=1S/C11H11Br/c1-2-10-6-3-4-7-11(10)8-5-9-12/h3-4,6-7H,2,9H2,1H3. The van der Waals surface area contributed by atoms with Crippen LogP contribution in [0.4, 0.5) is 0 Å². The molecule has 0 fully saturated rings. The van der Waals surface area contributed by atoms with Crippen molar-refractivity contribution in [1.29, 1.82) is 0 Å².